The molecular formula is C27H26N4O3S. The van der Waals surface area contributed by atoms with Gasteiger partial charge in [0.05, 0.1) is 11.4 Å². The van der Waals surface area contributed by atoms with E-state index >= 15 is 0 Å². The Morgan fingerprint density at radius 2 is 1.74 bits per heavy atom. The number of ketones is 1. The molecule has 178 valence electrons. The van der Waals surface area contributed by atoms with E-state index in [1.165, 1.54) is 18.7 Å². The average molecular weight is 487 g/mol. The zero-order valence-corrected chi connectivity index (χ0v) is 20.6. The van der Waals surface area contributed by atoms with E-state index in [1.54, 1.807) is 24.3 Å². The van der Waals surface area contributed by atoms with Gasteiger partial charge >= 0.3 is 0 Å². The van der Waals surface area contributed by atoms with Gasteiger partial charge in [0.25, 0.3) is 0 Å². The van der Waals surface area contributed by atoms with Crippen molar-refractivity contribution in [3.05, 3.63) is 95.3 Å². The number of Topliss-reactive ketones (excluding diaryl/α,β-unsaturated/α-hetero) is 1. The lowest BCUT2D eigenvalue weighted by Crippen LogP contribution is -2.15. The van der Waals surface area contributed by atoms with Crippen molar-refractivity contribution in [3.8, 4) is 11.4 Å². The zero-order valence-electron chi connectivity index (χ0n) is 19.8. The molecule has 0 spiro atoms. The first-order valence-electron chi connectivity index (χ1n) is 11.1. The van der Waals surface area contributed by atoms with Crippen LogP contribution in [-0.2, 0) is 11.4 Å². The molecule has 0 radical (unpaired) electrons. The van der Waals surface area contributed by atoms with Crippen LogP contribution in [0.4, 0.5) is 5.69 Å². The van der Waals surface area contributed by atoms with E-state index < -0.39 is 0 Å². The summed E-state index contributed by atoms with van der Waals surface area (Å²) < 4.78 is 7.88. The van der Waals surface area contributed by atoms with Crippen molar-refractivity contribution in [2.75, 3.05) is 11.1 Å². The number of amides is 1. The monoisotopic (exact) mass is 486 g/mol. The van der Waals surface area contributed by atoms with E-state index in [0.29, 0.717) is 22.2 Å². The second-order valence-electron chi connectivity index (χ2n) is 8.03. The largest absolute Gasteiger partial charge is 0.486 e. The van der Waals surface area contributed by atoms with Crippen molar-refractivity contribution < 1.29 is 14.3 Å². The van der Waals surface area contributed by atoms with Gasteiger partial charge in [0.2, 0.25) is 5.91 Å². The molecule has 1 heterocycles. The molecule has 1 amide bonds. The Bertz CT molecular complexity index is 1350. The highest BCUT2D eigenvalue weighted by Gasteiger charge is 2.18. The van der Waals surface area contributed by atoms with E-state index in [1.807, 2.05) is 47.0 Å². The standard InChI is InChI=1S/C27H26N4O3S/c1-18-9-7-14-24(19(18)2)31-25(16-34-23-12-5-4-6-13-23)29-30-27(31)35-17-26(33)28-22-11-8-10-21(15-22)20(3)32/h4-15H,16-17H2,1-3H3,(H,28,33). The molecule has 7 nitrogen and oxygen atoms in total. The van der Waals surface area contributed by atoms with Gasteiger partial charge in [-0.15, -0.1) is 10.2 Å². The number of carbonyl (C=O) groups is 2. The van der Waals surface area contributed by atoms with Gasteiger partial charge in [-0.05, 0) is 62.2 Å². The number of rotatable bonds is 9. The Morgan fingerprint density at radius 3 is 2.51 bits per heavy atom. The lowest BCUT2D eigenvalue weighted by atomic mass is 10.1. The summed E-state index contributed by atoms with van der Waals surface area (Å²) in [6.07, 6.45) is 0. The van der Waals surface area contributed by atoms with Crippen LogP contribution in [0.2, 0.25) is 0 Å². The number of para-hydroxylation sites is 1. The van der Waals surface area contributed by atoms with Crippen LogP contribution in [0, 0.1) is 13.8 Å². The van der Waals surface area contributed by atoms with E-state index in [-0.39, 0.29) is 24.1 Å². The predicted octanol–water partition coefficient (Wildman–Crippen LogP) is 5.40. The minimum Gasteiger partial charge on any atom is -0.486 e. The normalized spacial score (nSPS) is 10.7. The van der Waals surface area contributed by atoms with Gasteiger partial charge < -0.3 is 10.1 Å². The van der Waals surface area contributed by atoms with Crippen LogP contribution >= 0.6 is 11.8 Å². The summed E-state index contributed by atoms with van der Waals surface area (Å²) in [6, 6.07) is 22.5. The summed E-state index contributed by atoms with van der Waals surface area (Å²) >= 11 is 1.29. The first kappa shape index (κ1) is 24.2. The number of aromatic nitrogens is 3. The number of nitrogens with zero attached hydrogens (tertiary/aromatic N) is 3. The summed E-state index contributed by atoms with van der Waals surface area (Å²) in [5, 5.41) is 12.2. The predicted molar refractivity (Wildman–Crippen MR) is 137 cm³/mol. The molecule has 4 aromatic rings. The number of hydrogen-bond acceptors (Lipinski definition) is 6. The molecule has 4 rings (SSSR count). The van der Waals surface area contributed by atoms with Crippen molar-refractivity contribution in [2.24, 2.45) is 0 Å². The van der Waals surface area contributed by atoms with E-state index in [2.05, 4.69) is 35.4 Å². The molecule has 0 aliphatic rings. The van der Waals surface area contributed by atoms with Gasteiger partial charge in [-0.3, -0.25) is 14.2 Å². The van der Waals surface area contributed by atoms with Crippen molar-refractivity contribution in [3.63, 3.8) is 0 Å². The van der Waals surface area contributed by atoms with Gasteiger partial charge in [-0.2, -0.15) is 0 Å². The third-order valence-electron chi connectivity index (χ3n) is 5.51. The van der Waals surface area contributed by atoms with Gasteiger partial charge in [0.15, 0.2) is 16.8 Å². The van der Waals surface area contributed by atoms with Gasteiger partial charge in [0.1, 0.15) is 12.4 Å². The van der Waals surface area contributed by atoms with Gasteiger partial charge in [-0.1, -0.05) is 54.2 Å². The smallest absolute Gasteiger partial charge is 0.234 e. The number of anilines is 1. The van der Waals surface area contributed by atoms with Crippen LogP contribution in [0.3, 0.4) is 0 Å². The Morgan fingerprint density at radius 1 is 0.971 bits per heavy atom. The number of carbonyl (C=O) groups excluding carboxylic acids is 2. The van der Waals surface area contributed by atoms with Crippen LogP contribution in [0.5, 0.6) is 5.75 Å². The summed E-state index contributed by atoms with van der Waals surface area (Å²) in [4.78, 5) is 24.3. The Hall–Kier alpha value is -3.91. The summed E-state index contributed by atoms with van der Waals surface area (Å²) in [5.41, 5.74) is 4.31. The van der Waals surface area contributed by atoms with Crippen LogP contribution in [0.25, 0.3) is 5.69 Å². The third-order valence-corrected chi connectivity index (χ3v) is 6.44. The van der Waals surface area contributed by atoms with Crippen LogP contribution in [0.1, 0.15) is 34.2 Å². The van der Waals surface area contributed by atoms with E-state index in [0.717, 1.165) is 22.6 Å². The van der Waals surface area contributed by atoms with Crippen LogP contribution in [-0.4, -0.2) is 32.2 Å². The fourth-order valence-electron chi connectivity index (χ4n) is 3.51. The quantitative estimate of drug-likeness (QED) is 0.252. The lowest BCUT2D eigenvalue weighted by molar-refractivity contribution is -0.113. The highest BCUT2D eigenvalue weighted by molar-refractivity contribution is 7.99. The van der Waals surface area contributed by atoms with Gasteiger partial charge in [-0.25, -0.2) is 0 Å². The minimum atomic E-state index is -0.201. The summed E-state index contributed by atoms with van der Waals surface area (Å²) in [6.45, 7) is 5.83. The number of hydrogen-bond donors (Lipinski definition) is 1. The molecule has 35 heavy (non-hydrogen) atoms. The average Bonchev–Trinajstić information content (AvgIpc) is 3.26. The molecule has 1 aromatic heterocycles. The second kappa shape index (κ2) is 11.0. The lowest BCUT2D eigenvalue weighted by Gasteiger charge is -2.15. The van der Waals surface area contributed by atoms with Crippen molar-refractivity contribution in [1.29, 1.82) is 0 Å². The second-order valence-corrected chi connectivity index (χ2v) is 8.97. The molecule has 0 unspecified atom stereocenters. The molecule has 0 saturated heterocycles. The number of benzene rings is 3. The van der Waals surface area contributed by atoms with Crippen LogP contribution < -0.4 is 10.1 Å². The summed E-state index contributed by atoms with van der Waals surface area (Å²) in [7, 11) is 0. The zero-order chi connectivity index (χ0) is 24.8. The van der Waals surface area contributed by atoms with Crippen molar-refractivity contribution in [2.45, 2.75) is 32.5 Å². The topological polar surface area (TPSA) is 86.1 Å². The fourth-order valence-corrected chi connectivity index (χ4v) is 4.28. The van der Waals surface area contributed by atoms with Crippen molar-refractivity contribution in [1.82, 2.24) is 14.8 Å². The molecule has 0 fully saturated rings. The Kier molecular flexibility index (Phi) is 7.62. The Labute approximate surface area is 208 Å². The number of aryl methyl sites for hydroxylation is 1. The maximum atomic E-state index is 12.7. The summed E-state index contributed by atoms with van der Waals surface area (Å²) in [5.74, 6) is 1.26. The molecule has 3 aromatic carbocycles. The fraction of sp³-hybridized carbons (Fsp3) is 0.185. The first-order valence-corrected chi connectivity index (χ1v) is 12.1. The molecule has 0 aliphatic heterocycles. The van der Waals surface area contributed by atoms with E-state index in [4.69, 9.17) is 4.74 Å². The number of thioether (sulfide) groups is 1. The molecule has 0 bridgehead atoms. The SMILES string of the molecule is CC(=O)c1cccc(NC(=O)CSc2nnc(COc3ccccc3)n2-c2cccc(C)c2C)c1. The molecular weight excluding hydrogens is 460 g/mol. The van der Waals surface area contributed by atoms with Crippen molar-refractivity contribution >= 4 is 29.1 Å². The minimum absolute atomic E-state index is 0.0534. The van der Waals surface area contributed by atoms with E-state index in [9.17, 15) is 9.59 Å². The Balaban J connectivity index is 1.54. The highest BCUT2D eigenvalue weighted by atomic mass is 32.2. The molecule has 1 N–H and O–H groups in total. The molecule has 0 saturated carbocycles. The van der Waals surface area contributed by atoms with Crippen LogP contribution in [0.15, 0.2) is 78.0 Å². The number of nitrogens with one attached hydrogen (secondary N) is 1. The van der Waals surface area contributed by atoms with Gasteiger partial charge in [0, 0.05) is 11.3 Å². The maximum absolute atomic E-state index is 12.7. The molecule has 0 atom stereocenters. The molecule has 0 aliphatic carbocycles. The highest BCUT2D eigenvalue weighted by Crippen LogP contribution is 2.27. The maximum Gasteiger partial charge on any atom is 0.234 e. The third kappa shape index (κ3) is 5.96. The first-order chi connectivity index (χ1) is 16.9. The molecule has 8 heteroatoms. The number of ether oxygens (including phenoxy) is 1.